The quantitative estimate of drug-likeness (QED) is 0.532. The molecule has 0 aliphatic carbocycles. The fraction of sp³-hybridized carbons (Fsp3) is 0.333. The summed E-state index contributed by atoms with van der Waals surface area (Å²) < 4.78 is 15.2. The van der Waals surface area contributed by atoms with Crippen molar-refractivity contribution in [2.75, 3.05) is 11.1 Å². The average molecular weight is 451 g/mol. The molecule has 1 unspecified atom stereocenters. The van der Waals surface area contributed by atoms with Crippen molar-refractivity contribution in [2.45, 2.75) is 52.7 Å². The number of hydrogen-bond acceptors (Lipinski definition) is 6. The second kappa shape index (κ2) is 9.01. The number of aryl methyl sites for hydroxylation is 3. The highest BCUT2D eigenvalue weighted by Crippen LogP contribution is 2.26. The van der Waals surface area contributed by atoms with Gasteiger partial charge in [0, 0.05) is 24.5 Å². The molecule has 0 bridgehead atoms. The van der Waals surface area contributed by atoms with Crippen LogP contribution in [-0.2, 0) is 24.3 Å². The summed E-state index contributed by atoms with van der Waals surface area (Å²) in [6.45, 7) is 6.02. The molecule has 2 aromatic heterocycles. The molecule has 1 amide bonds. The molecule has 1 aliphatic heterocycles. The Hall–Kier alpha value is -3.75. The third-order valence-corrected chi connectivity index (χ3v) is 5.91. The molecule has 3 aromatic rings. The Morgan fingerprint density at radius 3 is 2.67 bits per heavy atom. The first-order chi connectivity index (χ1) is 15.7. The number of halogens is 1. The van der Waals surface area contributed by atoms with Gasteiger partial charge in [0.05, 0.1) is 5.69 Å². The molecular formula is C24H27FN6O2. The van der Waals surface area contributed by atoms with Gasteiger partial charge in [-0.25, -0.2) is 14.4 Å². The van der Waals surface area contributed by atoms with E-state index in [1.54, 1.807) is 6.07 Å². The van der Waals surface area contributed by atoms with Crippen molar-refractivity contribution < 1.29 is 9.18 Å². The zero-order valence-electron chi connectivity index (χ0n) is 18.9. The first-order valence-corrected chi connectivity index (χ1v) is 10.8. The first-order valence-electron chi connectivity index (χ1n) is 10.8. The minimum atomic E-state index is -0.617. The number of nitrogen functional groups attached to an aromatic ring is 1. The molecule has 0 radical (unpaired) electrons. The molecule has 4 rings (SSSR count). The highest BCUT2D eigenvalue weighted by atomic mass is 19.1. The average Bonchev–Trinajstić information content (AvgIpc) is 3.20. The molecular weight excluding hydrogens is 423 g/mol. The Balaban J connectivity index is 1.53. The van der Waals surface area contributed by atoms with Crippen molar-refractivity contribution in [3.8, 4) is 0 Å². The van der Waals surface area contributed by atoms with Crippen molar-refractivity contribution in [3.63, 3.8) is 0 Å². The number of amides is 1. The molecule has 8 nitrogen and oxygen atoms in total. The highest BCUT2D eigenvalue weighted by molar-refractivity contribution is 5.81. The maximum atomic E-state index is 13.7. The monoisotopic (exact) mass is 450 g/mol. The van der Waals surface area contributed by atoms with Gasteiger partial charge < -0.3 is 16.4 Å². The number of rotatable bonds is 6. The maximum Gasteiger partial charge on any atom is 0.294 e. The van der Waals surface area contributed by atoms with Crippen LogP contribution in [-0.4, -0.2) is 20.4 Å². The third kappa shape index (κ3) is 4.72. The van der Waals surface area contributed by atoms with Crippen molar-refractivity contribution in [1.82, 2.24) is 19.9 Å². The van der Waals surface area contributed by atoms with Gasteiger partial charge in [0.2, 0.25) is 5.91 Å². The van der Waals surface area contributed by atoms with Gasteiger partial charge in [0.15, 0.2) is 5.82 Å². The predicted molar refractivity (Wildman–Crippen MR) is 124 cm³/mol. The standard InChI is InChI=1S/C24H27FN6O2/c1-13-8-16(10-18(25)9-13)11-27-22-24(33)31-19(15(3)30-22)5-6-20(31)23(32)28-12-17-4-7-21(26)29-14(17)2/h4,7-10,20H,5-6,11-12H2,1-3H3,(H2,26,29)(H,27,30)(H,28,32). The van der Waals surface area contributed by atoms with Crippen LogP contribution in [0.15, 0.2) is 35.1 Å². The van der Waals surface area contributed by atoms with Crippen LogP contribution in [0.5, 0.6) is 0 Å². The van der Waals surface area contributed by atoms with Crippen molar-refractivity contribution >= 4 is 17.5 Å². The smallest absolute Gasteiger partial charge is 0.294 e. The Morgan fingerprint density at radius 2 is 1.94 bits per heavy atom. The fourth-order valence-electron chi connectivity index (χ4n) is 4.28. The van der Waals surface area contributed by atoms with Crippen LogP contribution in [0.4, 0.5) is 16.0 Å². The molecule has 3 heterocycles. The normalized spacial score (nSPS) is 14.7. The van der Waals surface area contributed by atoms with Gasteiger partial charge >= 0.3 is 0 Å². The molecule has 0 spiro atoms. The SMILES string of the molecule is Cc1cc(F)cc(CNc2nc(C)c3n(c2=O)C(C(=O)NCc2ccc(N)nc2C)CC3)c1. The molecule has 0 saturated heterocycles. The minimum Gasteiger partial charge on any atom is -0.384 e. The van der Waals surface area contributed by atoms with Crippen LogP contribution in [0.2, 0.25) is 0 Å². The fourth-order valence-corrected chi connectivity index (χ4v) is 4.28. The van der Waals surface area contributed by atoms with Crippen LogP contribution < -0.4 is 21.9 Å². The van der Waals surface area contributed by atoms with E-state index in [0.717, 1.165) is 22.5 Å². The summed E-state index contributed by atoms with van der Waals surface area (Å²) in [6.07, 6.45) is 1.12. The van der Waals surface area contributed by atoms with Crippen LogP contribution in [0.1, 0.15) is 46.2 Å². The van der Waals surface area contributed by atoms with Gasteiger partial charge in [0.25, 0.3) is 5.56 Å². The van der Waals surface area contributed by atoms with Crippen molar-refractivity contribution in [3.05, 3.63) is 80.3 Å². The summed E-state index contributed by atoms with van der Waals surface area (Å²) >= 11 is 0. The first kappa shape index (κ1) is 22.4. The molecule has 33 heavy (non-hydrogen) atoms. The van der Waals surface area contributed by atoms with Crippen molar-refractivity contribution in [1.29, 1.82) is 0 Å². The molecule has 1 atom stereocenters. The number of carbonyl (C=O) groups is 1. The molecule has 9 heteroatoms. The third-order valence-electron chi connectivity index (χ3n) is 5.91. The topological polar surface area (TPSA) is 115 Å². The van der Waals surface area contributed by atoms with Gasteiger partial charge in [-0.05, 0) is 68.5 Å². The number of pyridine rings is 1. The van der Waals surface area contributed by atoms with E-state index in [0.29, 0.717) is 36.5 Å². The Morgan fingerprint density at radius 1 is 1.15 bits per heavy atom. The number of anilines is 2. The molecule has 172 valence electrons. The number of benzene rings is 1. The summed E-state index contributed by atoms with van der Waals surface area (Å²) in [6, 6.07) is 7.61. The molecule has 0 saturated carbocycles. The minimum absolute atomic E-state index is 0.149. The van der Waals surface area contributed by atoms with Crippen LogP contribution in [0, 0.1) is 26.6 Å². The summed E-state index contributed by atoms with van der Waals surface area (Å²) in [5, 5.41) is 5.94. The van der Waals surface area contributed by atoms with E-state index in [9.17, 15) is 14.0 Å². The van der Waals surface area contributed by atoms with Gasteiger partial charge in [-0.1, -0.05) is 12.1 Å². The van der Waals surface area contributed by atoms with Gasteiger partial charge in [-0.2, -0.15) is 0 Å². The number of nitrogens with zero attached hydrogens (tertiary/aromatic N) is 3. The Bertz CT molecular complexity index is 1270. The number of nitrogens with one attached hydrogen (secondary N) is 2. The van der Waals surface area contributed by atoms with E-state index in [1.165, 1.54) is 16.7 Å². The predicted octanol–water partition coefficient (Wildman–Crippen LogP) is 2.70. The second-order valence-corrected chi connectivity index (χ2v) is 8.41. The van der Waals surface area contributed by atoms with E-state index in [1.807, 2.05) is 32.9 Å². The van der Waals surface area contributed by atoms with Gasteiger partial charge in [-0.15, -0.1) is 0 Å². The number of fused-ring (bicyclic) bond motifs is 1. The Kier molecular flexibility index (Phi) is 6.13. The summed E-state index contributed by atoms with van der Waals surface area (Å²) in [5.41, 5.74) is 9.91. The van der Waals surface area contributed by atoms with E-state index in [-0.39, 0.29) is 29.6 Å². The van der Waals surface area contributed by atoms with Gasteiger partial charge in [-0.3, -0.25) is 14.2 Å². The van der Waals surface area contributed by atoms with Crippen LogP contribution >= 0.6 is 0 Å². The Labute approximate surface area is 191 Å². The molecule has 1 aliphatic rings. The summed E-state index contributed by atoms with van der Waals surface area (Å²) in [5.74, 6) is 0.0148. The van der Waals surface area contributed by atoms with Crippen LogP contribution in [0.3, 0.4) is 0 Å². The van der Waals surface area contributed by atoms with Crippen molar-refractivity contribution in [2.24, 2.45) is 0 Å². The lowest BCUT2D eigenvalue weighted by Gasteiger charge is -2.17. The zero-order valence-corrected chi connectivity index (χ0v) is 18.9. The van der Waals surface area contributed by atoms with E-state index < -0.39 is 6.04 Å². The lowest BCUT2D eigenvalue weighted by molar-refractivity contribution is -0.124. The van der Waals surface area contributed by atoms with Crippen LogP contribution in [0.25, 0.3) is 0 Å². The lowest BCUT2D eigenvalue weighted by atomic mass is 10.1. The molecule has 4 N–H and O–H groups in total. The second-order valence-electron chi connectivity index (χ2n) is 8.41. The van der Waals surface area contributed by atoms with Gasteiger partial charge in [0.1, 0.15) is 17.7 Å². The van der Waals surface area contributed by atoms with E-state index in [2.05, 4.69) is 20.6 Å². The van der Waals surface area contributed by atoms with E-state index in [4.69, 9.17) is 5.73 Å². The zero-order chi connectivity index (χ0) is 23.7. The maximum absolute atomic E-state index is 13.7. The highest BCUT2D eigenvalue weighted by Gasteiger charge is 2.32. The molecule has 1 aromatic carbocycles. The van der Waals surface area contributed by atoms with E-state index >= 15 is 0 Å². The molecule has 0 fully saturated rings. The summed E-state index contributed by atoms with van der Waals surface area (Å²) in [7, 11) is 0. The number of aromatic nitrogens is 3. The number of nitrogens with two attached hydrogens (primary N) is 1. The largest absolute Gasteiger partial charge is 0.384 e. The summed E-state index contributed by atoms with van der Waals surface area (Å²) in [4.78, 5) is 34.8. The number of carbonyl (C=O) groups excluding carboxylic acids is 1. The number of hydrogen-bond donors (Lipinski definition) is 3. The lowest BCUT2D eigenvalue weighted by Crippen LogP contribution is -2.37.